The number of anilines is 1. The van der Waals surface area contributed by atoms with Gasteiger partial charge in [-0.25, -0.2) is 0 Å². The van der Waals surface area contributed by atoms with Crippen molar-refractivity contribution in [2.24, 2.45) is 11.3 Å². The SMILES string of the molecule is Cc1cc(C)cc(N(C)CC2(C=O)CCCC(C)C2)c1. The maximum atomic E-state index is 11.7. The van der Waals surface area contributed by atoms with Crippen LogP contribution in [-0.2, 0) is 4.79 Å². The molecule has 0 N–H and O–H groups in total. The van der Waals surface area contributed by atoms with Crippen LogP contribution in [-0.4, -0.2) is 19.9 Å². The van der Waals surface area contributed by atoms with Crippen LogP contribution in [0, 0.1) is 25.2 Å². The Kier molecular flexibility index (Phi) is 4.52. The zero-order valence-electron chi connectivity index (χ0n) is 13.3. The van der Waals surface area contributed by atoms with Crippen molar-refractivity contribution in [3.05, 3.63) is 29.3 Å². The Morgan fingerprint density at radius 1 is 1.30 bits per heavy atom. The number of rotatable bonds is 4. The van der Waals surface area contributed by atoms with Crippen molar-refractivity contribution in [3.8, 4) is 0 Å². The second kappa shape index (κ2) is 5.99. The van der Waals surface area contributed by atoms with E-state index in [0.29, 0.717) is 5.92 Å². The molecule has 2 heteroatoms. The topological polar surface area (TPSA) is 20.3 Å². The highest BCUT2D eigenvalue weighted by atomic mass is 16.1. The Labute approximate surface area is 123 Å². The van der Waals surface area contributed by atoms with E-state index in [2.05, 4.69) is 50.9 Å². The molecule has 110 valence electrons. The average molecular weight is 273 g/mol. The molecule has 20 heavy (non-hydrogen) atoms. The van der Waals surface area contributed by atoms with Crippen LogP contribution in [0.25, 0.3) is 0 Å². The summed E-state index contributed by atoms with van der Waals surface area (Å²) in [5.41, 5.74) is 3.64. The van der Waals surface area contributed by atoms with Crippen molar-refractivity contribution in [3.63, 3.8) is 0 Å². The Morgan fingerprint density at radius 3 is 2.50 bits per heavy atom. The van der Waals surface area contributed by atoms with Gasteiger partial charge < -0.3 is 9.69 Å². The molecular weight excluding hydrogens is 246 g/mol. The van der Waals surface area contributed by atoms with E-state index in [4.69, 9.17) is 0 Å². The first kappa shape index (κ1) is 15.1. The van der Waals surface area contributed by atoms with Crippen LogP contribution >= 0.6 is 0 Å². The van der Waals surface area contributed by atoms with Crippen LogP contribution < -0.4 is 4.90 Å². The third kappa shape index (κ3) is 3.41. The van der Waals surface area contributed by atoms with Gasteiger partial charge in [0.05, 0.1) is 0 Å². The first-order valence-corrected chi connectivity index (χ1v) is 7.70. The second-order valence-electron chi connectivity index (χ2n) is 6.88. The van der Waals surface area contributed by atoms with Gasteiger partial charge in [-0.05, 0) is 55.9 Å². The van der Waals surface area contributed by atoms with Crippen molar-refractivity contribution in [1.29, 1.82) is 0 Å². The third-order valence-electron chi connectivity index (χ3n) is 4.58. The summed E-state index contributed by atoms with van der Waals surface area (Å²) in [6.45, 7) is 7.36. The summed E-state index contributed by atoms with van der Waals surface area (Å²) in [6, 6.07) is 6.60. The Hall–Kier alpha value is -1.31. The lowest BCUT2D eigenvalue weighted by Crippen LogP contribution is -2.40. The number of nitrogens with zero attached hydrogens (tertiary/aromatic N) is 1. The molecule has 2 rings (SSSR count). The predicted octanol–water partition coefficient (Wildman–Crippen LogP) is 4.14. The lowest BCUT2D eigenvalue weighted by Gasteiger charge is -2.39. The fourth-order valence-corrected chi connectivity index (χ4v) is 3.72. The van der Waals surface area contributed by atoms with Gasteiger partial charge in [0.25, 0.3) is 0 Å². The van der Waals surface area contributed by atoms with Gasteiger partial charge in [0.2, 0.25) is 0 Å². The van der Waals surface area contributed by atoms with E-state index in [9.17, 15) is 4.79 Å². The van der Waals surface area contributed by atoms with E-state index in [1.807, 2.05) is 0 Å². The molecule has 0 bridgehead atoms. The number of hydrogen-bond acceptors (Lipinski definition) is 2. The number of benzene rings is 1. The molecule has 2 unspecified atom stereocenters. The molecule has 0 saturated heterocycles. The number of aldehydes is 1. The fourth-order valence-electron chi connectivity index (χ4n) is 3.72. The van der Waals surface area contributed by atoms with E-state index in [1.165, 1.54) is 35.9 Å². The predicted molar refractivity (Wildman–Crippen MR) is 85.3 cm³/mol. The van der Waals surface area contributed by atoms with Gasteiger partial charge >= 0.3 is 0 Å². The standard InChI is InChI=1S/C18H27NO/c1-14-6-5-7-18(11-14,13-20)12-19(4)17-9-15(2)8-16(3)10-17/h8-10,13-14H,5-7,11-12H2,1-4H3. The molecule has 0 aliphatic heterocycles. The molecule has 1 aromatic rings. The Bertz CT molecular complexity index is 462. The van der Waals surface area contributed by atoms with Gasteiger partial charge in [-0.1, -0.05) is 25.8 Å². The zero-order valence-corrected chi connectivity index (χ0v) is 13.3. The maximum Gasteiger partial charge on any atom is 0.127 e. The van der Waals surface area contributed by atoms with Crippen molar-refractivity contribution < 1.29 is 4.79 Å². The smallest absolute Gasteiger partial charge is 0.127 e. The average Bonchev–Trinajstić information content (AvgIpc) is 2.37. The van der Waals surface area contributed by atoms with Crippen LogP contribution in [0.1, 0.15) is 43.7 Å². The molecule has 0 radical (unpaired) electrons. The first-order chi connectivity index (χ1) is 9.44. The molecule has 1 aromatic carbocycles. The van der Waals surface area contributed by atoms with E-state index < -0.39 is 0 Å². The van der Waals surface area contributed by atoms with Crippen LogP contribution in [0.4, 0.5) is 5.69 Å². The molecule has 0 spiro atoms. The zero-order chi connectivity index (χ0) is 14.8. The normalized spacial score (nSPS) is 26.3. The summed E-state index contributed by atoms with van der Waals surface area (Å²) in [5, 5.41) is 0. The van der Waals surface area contributed by atoms with Crippen LogP contribution in [0.5, 0.6) is 0 Å². The number of aryl methyl sites for hydroxylation is 2. The minimum absolute atomic E-state index is 0.149. The van der Waals surface area contributed by atoms with E-state index in [0.717, 1.165) is 19.4 Å². The highest BCUT2D eigenvalue weighted by molar-refractivity contribution is 5.62. The summed E-state index contributed by atoms with van der Waals surface area (Å²) in [6.07, 6.45) is 5.74. The van der Waals surface area contributed by atoms with Crippen molar-refractivity contribution in [1.82, 2.24) is 0 Å². The van der Waals surface area contributed by atoms with Crippen molar-refractivity contribution in [2.75, 3.05) is 18.5 Å². The van der Waals surface area contributed by atoms with E-state index in [1.54, 1.807) is 0 Å². The molecule has 0 amide bonds. The van der Waals surface area contributed by atoms with Gasteiger partial charge in [0.1, 0.15) is 6.29 Å². The summed E-state index contributed by atoms with van der Waals surface area (Å²) in [5.74, 6) is 0.668. The van der Waals surface area contributed by atoms with E-state index in [-0.39, 0.29) is 5.41 Å². The van der Waals surface area contributed by atoms with Crippen LogP contribution in [0.2, 0.25) is 0 Å². The first-order valence-electron chi connectivity index (χ1n) is 7.70. The highest BCUT2D eigenvalue weighted by Crippen LogP contribution is 2.39. The Balaban J connectivity index is 2.16. The quantitative estimate of drug-likeness (QED) is 0.769. The van der Waals surface area contributed by atoms with Crippen LogP contribution in [0.3, 0.4) is 0 Å². The molecule has 1 saturated carbocycles. The van der Waals surface area contributed by atoms with Gasteiger partial charge in [-0.15, -0.1) is 0 Å². The van der Waals surface area contributed by atoms with Gasteiger partial charge in [-0.3, -0.25) is 0 Å². The summed E-state index contributed by atoms with van der Waals surface area (Å²) in [4.78, 5) is 14.0. The van der Waals surface area contributed by atoms with Crippen molar-refractivity contribution in [2.45, 2.75) is 46.5 Å². The molecule has 2 nitrogen and oxygen atoms in total. The molecule has 2 atom stereocenters. The minimum atomic E-state index is -0.149. The van der Waals surface area contributed by atoms with Gasteiger partial charge in [-0.2, -0.15) is 0 Å². The Morgan fingerprint density at radius 2 is 1.95 bits per heavy atom. The van der Waals surface area contributed by atoms with Gasteiger partial charge in [0.15, 0.2) is 0 Å². The summed E-state index contributed by atoms with van der Waals surface area (Å²) in [7, 11) is 2.11. The second-order valence-corrected chi connectivity index (χ2v) is 6.88. The minimum Gasteiger partial charge on any atom is -0.374 e. The fraction of sp³-hybridized carbons (Fsp3) is 0.611. The molecule has 0 aromatic heterocycles. The molecular formula is C18H27NO. The molecule has 0 heterocycles. The third-order valence-corrected chi connectivity index (χ3v) is 4.58. The number of carbonyl (C=O) groups is 1. The summed E-state index contributed by atoms with van der Waals surface area (Å²) < 4.78 is 0. The molecule has 1 fully saturated rings. The number of hydrogen-bond donors (Lipinski definition) is 0. The molecule has 1 aliphatic rings. The lowest BCUT2D eigenvalue weighted by atomic mass is 9.70. The monoisotopic (exact) mass is 273 g/mol. The summed E-state index contributed by atoms with van der Waals surface area (Å²) >= 11 is 0. The largest absolute Gasteiger partial charge is 0.374 e. The van der Waals surface area contributed by atoms with E-state index >= 15 is 0 Å². The van der Waals surface area contributed by atoms with Crippen LogP contribution in [0.15, 0.2) is 18.2 Å². The lowest BCUT2D eigenvalue weighted by molar-refractivity contribution is -0.118. The molecule has 1 aliphatic carbocycles. The number of carbonyl (C=O) groups excluding carboxylic acids is 1. The van der Waals surface area contributed by atoms with Gasteiger partial charge in [0, 0.05) is 24.7 Å². The van der Waals surface area contributed by atoms with Crippen molar-refractivity contribution >= 4 is 12.0 Å². The maximum absolute atomic E-state index is 11.7. The highest BCUT2D eigenvalue weighted by Gasteiger charge is 2.35.